The zero-order valence-electron chi connectivity index (χ0n) is 9.63. The van der Waals surface area contributed by atoms with Crippen LogP contribution in [0.15, 0.2) is 45.1 Å². The molecule has 0 saturated heterocycles. The second kappa shape index (κ2) is 4.92. The van der Waals surface area contributed by atoms with Crippen molar-refractivity contribution in [2.75, 3.05) is 5.32 Å². The summed E-state index contributed by atoms with van der Waals surface area (Å²) in [5.74, 6) is -0.177. The van der Waals surface area contributed by atoms with E-state index in [2.05, 4.69) is 31.2 Å². The third kappa shape index (κ3) is 2.36. The Morgan fingerprint density at radius 2 is 2.21 bits per heavy atom. The van der Waals surface area contributed by atoms with Crippen molar-refractivity contribution in [3.05, 3.63) is 40.8 Å². The number of halogens is 1. The SMILES string of the molecule is NC1C(=O)Nc2cc(Sc3cnccn3)c(Br)cc21. The van der Waals surface area contributed by atoms with Gasteiger partial charge in [-0.05, 0) is 28.1 Å². The Hall–Kier alpha value is -1.44. The van der Waals surface area contributed by atoms with Crippen LogP contribution in [0.1, 0.15) is 11.6 Å². The van der Waals surface area contributed by atoms with Crippen LogP contribution in [0.25, 0.3) is 0 Å². The monoisotopic (exact) mass is 336 g/mol. The number of amides is 1. The van der Waals surface area contributed by atoms with E-state index in [0.29, 0.717) is 0 Å². The molecule has 0 radical (unpaired) electrons. The average Bonchev–Trinajstić information content (AvgIpc) is 2.67. The second-order valence-electron chi connectivity index (χ2n) is 3.98. The molecule has 1 aliphatic rings. The van der Waals surface area contributed by atoms with Gasteiger partial charge in [0.05, 0.1) is 6.20 Å². The fraction of sp³-hybridized carbons (Fsp3) is 0.0833. The van der Waals surface area contributed by atoms with Crippen LogP contribution < -0.4 is 11.1 Å². The highest BCUT2D eigenvalue weighted by molar-refractivity contribution is 9.10. The summed E-state index contributed by atoms with van der Waals surface area (Å²) < 4.78 is 0.883. The van der Waals surface area contributed by atoms with Gasteiger partial charge in [-0.15, -0.1) is 0 Å². The van der Waals surface area contributed by atoms with Gasteiger partial charge >= 0.3 is 0 Å². The predicted octanol–water partition coefficient (Wildman–Crippen LogP) is 2.34. The van der Waals surface area contributed by atoms with Crippen molar-refractivity contribution in [3.63, 3.8) is 0 Å². The van der Waals surface area contributed by atoms with Gasteiger partial charge in [0.2, 0.25) is 5.91 Å². The number of nitrogens with one attached hydrogen (secondary N) is 1. The molecule has 1 aromatic carbocycles. The first-order valence-corrected chi connectivity index (χ1v) is 7.10. The summed E-state index contributed by atoms with van der Waals surface area (Å²) in [5, 5.41) is 3.56. The molecule has 0 aliphatic carbocycles. The molecular formula is C12H9BrN4OS. The smallest absolute Gasteiger partial charge is 0.245 e. The highest BCUT2D eigenvalue weighted by Crippen LogP contribution is 2.39. The van der Waals surface area contributed by atoms with Crippen molar-refractivity contribution >= 4 is 39.3 Å². The molecular weight excluding hydrogens is 328 g/mol. The van der Waals surface area contributed by atoms with E-state index in [1.807, 2.05) is 12.1 Å². The van der Waals surface area contributed by atoms with Gasteiger partial charge in [-0.3, -0.25) is 9.78 Å². The average molecular weight is 337 g/mol. The number of carbonyl (C=O) groups excluding carboxylic acids is 1. The molecule has 3 rings (SSSR count). The van der Waals surface area contributed by atoms with Gasteiger partial charge < -0.3 is 11.1 Å². The molecule has 0 spiro atoms. The second-order valence-corrected chi connectivity index (χ2v) is 5.90. The van der Waals surface area contributed by atoms with Gasteiger partial charge in [0.15, 0.2) is 0 Å². The molecule has 2 aromatic rings. The van der Waals surface area contributed by atoms with Crippen LogP contribution in [-0.4, -0.2) is 15.9 Å². The van der Waals surface area contributed by atoms with Crippen LogP contribution >= 0.6 is 27.7 Å². The van der Waals surface area contributed by atoms with E-state index >= 15 is 0 Å². The lowest BCUT2D eigenvalue weighted by Crippen LogP contribution is -2.19. The number of rotatable bonds is 2. The van der Waals surface area contributed by atoms with Crippen LogP contribution in [-0.2, 0) is 4.79 Å². The molecule has 1 amide bonds. The molecule has 96 valence electrons. The van der Waals surface area contributed by atoms with Crippen LogP contribution in [0.5, 0.6) is 0 Å². The Bertz CT molecular complexity index is 650. The normalized spacial score (nSPS) is 17.2. The Kier molecular flexibility index (Phi) is 3.26. The third-order valence-electron chi connectivity index (χ3n) is 2.73. The maximum atomic E-state index is 11.5. The van der Waals surface area contributed by atoms with Gasteiger partial charge in [-0.1, -0.05) is 11.8 Å². The zero-order chi connectivity index (χ0) is 13.4. The van der Waals surface area contributed by atoms with Crippen LogP contribution in [0.2, 0.25) is 0 Å². The van der Waals surface area contributed by atoms with Crippen molar-refractivity contribution < 1.29 is 4.79 Å². The first kappa shape index (κ1) is 12.6. The van der Waals surface area contributed by atoms with E-state index in [4.69, 9.17) is 5.73 Å². The molecule has 7 heteroatoms. The molecule has 0 bridgehead atoms. The molecule has 2 heterocycles. The van der Waals surface area contributed by atoms with E-state index in [1.54, 1.807) is 18.6 Å². The summed E-state index contributed by atoms with van der Waals surface area (Å²) in [6.45, 7) is 0. The van der Waals surface area contributed by atoms with E-state index < -0.39 is 6.04 Å². The Morgan fingerprint density at radius 3 is 2.95 bits per heavy atom. The summed E-state index contributed by atoms with van der Waals surface area (Å²) >= 11 is 4.96. The molecule has 0 saturated carbocycles. The van der Waals surface area contributed by atoms with E-state index in [-0.39, 0.29) is 5.91 Å². The standard InChI is InChI=1S/C12H9BrN4OS/c13-7-3-6-8(17-12(18)11(6)14)4-9(7)19-10-5-15-1-2-16-10/h1-5,11H,14H2,(H,17,18). The van der Waals surface area contributed by atoms with Gasteiger partial charge in [0.25, 0.3) is 0 Å². The number of hydrogen-bond donors (Lipinski definition) is 2. The topological polar surface area (TPSA) is 80.9 Å². The van der Waals surface area contributed by atoms with Gasteiger partial charge in [-0.25, -0.2) is 4.98 Å². The van der Waals surface area contributed by atoms with Crippen molar-refractivity contribution in [1.29, 1.82) is 0 Å². The maximum absolute atomic E-state index is 11.5. The molecule has 5 nitrogen and oxygen atoms in total. The first-order valence-electron chi connectivity index (χ1n) is 5.49. The lowest BCUT2D eigenvalue weighted by molar-refractivity contribution is -0.116. The van der Waals surface area contributed by atoms with E-state index in [1.165, 1.54) is 11.8 Å². The van der Waals surface area contributed by atoms with Crippen LogP contribution in [0.3, 0.4) is 0 Å². The lowest BCUT2D eigenvalue weighted by Gasteiger charge is -2.07. The minimum atomic E-state index is -0.595. The molecule has 3 N–H and O–H groups in total. The van der Waals surface area contributed by atoms with Gasteiger partial charge in [0, 0.05) is 33.0 Å². The summed E-state index contributed by atoms with van der Waals surface area (Å²) in [4.78, 5) is 20.7. The molecule has 1 aliphatic heterocycles. The third-order valence-corrected chi connectivity index (χ3v) is 4.63. The fourth-order valence-electron chi connectivity index (χ4n) is 1.82. The minimum Gasteiger partial charge on any atom is -0.324 e. The van der Waals surface area contributed by atoms with Gasteiger partial charge in [-0.2, -0.15) is 0 Å². The number of benzene rings is 1. The number of anilines is 1. The van der Waals surface area contributed by atoms with Crippen molar-refractivity contribution in [3.8, 4) is 0 Å². The molecule has 19 heavy (non-hydrogen) atoms. The number of hydrogen-bond acceptors (Lipinski definition) is 5. The van der Waals surface area contributed by atoms with E-state index in [0.717, 1.165) is 25.6 Å². The van der Waals surface area contributed by atoms with Crippen molar-refractivity contribution in [2.45, 2.75) is 16.0 Å². The highest BCUT2D eigenvalue weighted by Gasteiger charge is 2.28. The maximum Gasteiger partial charge on any atom is 0.245 e. The summed E-state index contributed by atoms with van der Waals surface area (Å²) in [6.07, 6.45) is 4.96. The van der Waals surface area contributed by atoms with Crippen LogP contribution in [0.4, 0.5) is 5.69 Å². The van der Waals surface area contributed by atoms with Crippen molar-refractivity contribution in [2.24, 2.45) is 5.73 Å². The Labute approximate surface area is 122 Å². The number of aromatic nitrogens is 2. The van der Waals surface area contributed by atoms with E-state index in [9.17, 15) is 4.79 Å². The molecule has 0 fully saturated rings. The Balaban J connectivity index is 1.97. The zero-order valence-corrected chi connectivity index (χ0v) is 12.0. The summed E-state index contributed by atoms with van der Waals surface area (Å²) in [5.41, 5.74) is 7.36. The number of nitrogens with two attached hydrogens (primary N) is 1. The summed E-state index contributed by atoms with van der Waals surface area (Å²) in [6, 6.07) is 3.17. The number of carbonyl (C=O) groups is 1. The fourth-order valence-corrected chi connectivity index (χ4v) is 3.20. The first-order chi connectivity index (χ1) is 9.15. The quantitative estimate of drug-likeness (QED) is 0.879. The lowest BCUT2D eigenvalue weighted by atomic mass is 10.1. The molecule has 1 atom stereocenters. The van der Waals surface area contributed by atoms with Crippen molar-refractivity contribution in [1.82, 2.24) is 9.97 Å². The minimum absolute atomic E-state index is 0.177. The number of nitrogens with zero attached hydrogens (tertiary/aromatic N) is 2. The summed E-state index contributed by atoms with van der Waals surface area (Å²) in [7, 11) is 0. The Morgan fingerprint density at radius 1 is 1.37 bits per heavy atom. The molecule has 1 unspecified atom stereocenters. The predicted molar refractivity (Wildman–Crippen MR) is 75.9 cm³/mol. The highest BCUT2D eigenvalue weighted by atomic mass is 79.9. The van der Waals surface area contributed by atoms with Gasteiger partial charge in [0.1, 0.15) is 11.1 Å². The molecule has 1 aromatic heterocycles. The number of fused-ring (bicyclic) bond motifs is 1. The largest absolute Gasteiger partial charge is 0.324 e. The van der Waals surface area contributed by atoms with Crippen LogP contribution in [0, 0.1) is 0 Å².